The molecule has 1 amide bonds. The summed E-state index contributed by atoms with van der Waals surface area (Å²) >= 11 is 0. The highest BCUT2D eigenvalue weighted by Gasteiger charge is 2.34. The van der Waals surface area contributed by atoms with Crippen LogP contribution >= 0.6 is 0 Å². The molecule has 0 aliphatic heterocycles. The highest BCUT2D eigenvalue weighted by Crippen LogP contribution is 2.42. The molecule has 2 aliphatic carbocycles. The van der Waals surface area contributed by atoms with Gasteiger partial charge in [-0.3, -0.25) is 4.79 Å². The van der Waals surface area contributed by atoms with Gasteiger partial charge in [0, 0.05) is 17.7 Å². The molecule has 0 saturated heterocycles. The van der Waals surface area contributed by atoms with Crippen molar-refractivity contribution in [2.24, 2.45) is 22.9 Å². The first kappa shape index (κ1) is 13.1. The Hall–Kier alpha value is -1.90. The van der Waals surface area contributed by atoms with Crippen LogP contribution in [0, 0.1) is 31.6 Å². The summed E-state index contributed by atoms with van der Waals surface area (Å²) in [5, 5.41) is 4.14. The van der Waals surface area contributed by atoms with Gasteiger partial charge < -0.3 is 0 Å². The third-order valence-corrected chi connectivity index (χ3v) is 4.53. The Balaban J connectivity index is 1.59. The van der Waals surface area contributed by atoms with Gasteiger partial charge in [-0.15, -0.1) is 0 Å². The number of hydrogen-bond donors (Lipinski definition) is 1. The zero-order chi connectivity index (χ0) is 14.1. The van der Waals surface area contributed by atoms with Crippen molar-refractivity contribution in [1.29, 1.82) is 0 Å². The van der Waals surface area contributed by atoms with E-state index in [9.17, 15) is 4.79 Å². The van der Waals surface area contributed by atoms with Crippen molar-refractivity contribution in [1.82, 2.24) is 5.43 Å². The van der Waals surface area contributed by atoms with Crippen molar-refractivity contribution in [2.45, 2.75) is 26.7 Å². The minimum Gasteiger partial charge on any atom is -0.267 e. The van der Waals surface area contributed by atoms with Gasteiger partial charge in [0.1, 0.15) is 0 Å². The zero-order valence-electron chi connectivity index (χ0n) is 12.0. The fraction of sp³-hybridized carbons (Fsp3) is 0.412. The number of nitrogens with one attached hydrogen (secondary N) is 1. The van der Waals surface area contributed by atoms with Crippen molar-refractivity contribution >= 4 is 12.1 Å². The number of amides is 1. The second-order valence-corrected chi connectivity index (χ2v) is 5.96. The van der Waals surface area contributed by atoms with Gasteiger partial charge in [-0.2, -0.15) is 5.10 Å². The van der Waals surface area contributed by atoms with Crippen LogP contribution in [-0.2, 0) is 0 Å². The van der Waals surface area contributed by atoms with E-state index in [1.54, 1.807) is 0 Å². The number of benzene rings is 1. The first-order valence-corrected chi connectivity index (χ1v) is 7.22. The van der Waals surface area contributed by atoms with Crippen LogP contribution in [0.3, 0.4) is 0 Å². The topological polar surface area (TPSA) is 41.5 Å². The number of hydrogen-bond acceptors (Lipinski definition) is 2. The summed E-state index contributed by atoms with van der Waals surface area (Å²) in [4.78, 5) is 12.0. The third kappa shape index (κ3) is 2.53. The lowest BCUT2D eigenvalue weighted by Gasteiger charge is -2.12. The molecule has 0 aromatic heterocycles. The maximum absolute atomic E-state index is 12.0. The Kier molecular flexibility index (Phi) is 3.43. The Morgan fingerprint density at radius 2 is 2.10 bits per heavy atom. The van der Waals surface area contributed by atoms with Gasteiger partial charge in [0.05, 0.1) is 0 Å². The average molecular weight is 268 g/mol. The summed E-state index contributed by atoms with van der Waals surface area (Å²) in [6.07, 6.45) is 8.93. The van der Waals surface area contributed by atoms with E-state index in [0.717, 1.165) is 11.5 Å². The maximum Gasteiger partial charge on any atom is 0.271 e. The molecular weight excluding hydrogens is 248 g/mol. The predicted molar refractivity (Wildman–Crippen MR) is 80.7 cm³/mol. The molecular formula is C17H20N2O. The summed E-state index contributed by atoms with van der Waals surface area (Å²) < 4.78 is 0. The molecule has 104 valence electrons. The SMILES string of the molecule is Cc1ccc(C(=O)NN=CC2CC3C=CC2C3)cc1C. The molecule has 1 aromatic carbocycles. The molecule has 2 aliphatic rings. The Labute approximate surface area is 119 Å². The van der Waals surface area contributed by atoms with Crippen LogP contribution in [-0.4, -0.2) is 12.1 Å². The lowest BCUT2D eigenvalue weighted by atomic mass is 9.95. The Morgan fingerprint density at radius 3 is 2.75 bits per heavy atom. The standard InChI is InChI=1S/C17H20N2O/c1-11-3-5-15(7-12(11)2)17(20)19-18-10-16-9-13-4-6-14(16)8-13/h3-7,10,13-14,16H,8-9H2,1-2H3,(H,19,20). The number of allylic oxidation sites excluding steroid dienone is 2. The number of fused-ring (bicyclic) bond motifs is 2. The molecule has 0 radical (unpaired) electrons. The first-order valence-electron chi connectivity index (χ1n) is 7.22. The van der Waals surface area contributed by atoms with Crippen LogP contribution in [0.1, 0.15) is 34.3 Å². The smallest absolute Gasteiger partial charge is 0.267 e. The Morgan fingerprint density at radius 1 is 1.25 bits per heavy atom. The van der Waals surface area contributed by atoms with Gasteiger partial charge in [0.15, 0.2) is 0 Å². The number of rotatable bonds is 3. The van der Waals surface area contributed by atoms with Crippen molar-refractivity contribution in [3.8, 4) is 0 Å². The van der Waals surface area contributed by atoms with E-state index >= 15 is 0 Å². The quantitative estimate of drug-likeness (QED) is 0.510. The molecule has 2 bridgehead atoms. The van der Waals surface area contributed by atoms with E-state index in [1.807, 2.05) is 38.3 Å². The minimum atomic E-state index is -0.136. The van der Waals surface area contributed by atoms with E-state index in [0.29, 0.717) is 17.4 Å². The second-order valence-electron chi connectivity index (χ2n) is 5.96. The number of carbonyl (C=O) groups is 1. The second kappa shape index (κ2) is 5.23. The number of nitrogens with zero attached hydrogens (tertiary/aromatic N) is 1. The summed E-state index contributed by atoms with van der Waals surface area (Å²) in [7, 11) is 0. The predicted octanol–water partition coefficient (Wildman–Crippen LogP) is 3.23. The summed E-state index contributed by atoms with van der Waals surface area (Å²) in [6.45, 7) is 4.05. The van der Waals surface area contributed by atoms with E-state index in [1.165, 1.54) is 18.4 Å². The normalized spacial score (nSPS) is 27.4. The van der Waals surface area contributed by atoms with Gasteiger partial charge >= 0.3 is 0 Å². The first-order chi connectivity index (χ1) is 9.63. The fourth-order valence-electron chi connectivity index (χ4n) is 3.13. The van der Waals surface area contributed by atoms with Crippen molar-refractivity contribution in [3.05, 3.63) is 47.0 Å². The van der Waals surface area contributed by atoms with Gasteiger partial charge in [0.2, 0.25) is 0 Å². The largest absolute Gasteiger partial charge is 0.271 e. The molecule has 0 spiro atoms. The highest BCUT2D eigenvalue weighted by atomic mass is 16.2. The molecule has 1 fully saturated rings. The van der Waals surface area contributed by atoms with Crippen molar-refractivity contribution < 1.29 is 4.79 Å². The molecule has 3 heteroatoms. The molecule has 3 nitrogen and oxygen atoms in total. The lowest BCUT2D eigenvalue weighted by Crippen LogP contribution is -2.19. The van der Waals surface area contributed by atoms with Gasteiger partial charge in [-0.25, -0.2) is 5.43 Å². The average Bonchev–Trinajstić information content (AvgIpc) is 3.04. The number of carbonyl (C=O) groups excluding carboxylic acids is 1. The molecule has 3 unspecified atom stereocenters. The summed E-state index contributed by atoms with van der Waals surface area (Å²) in [5.74, 6) is 1.71. The third-order valence-electron chi connectivity index (χ3n) is 4.53. The monoisotopic (exact) mass is 268 g/mol. The molecule has 1 saturated carbocycles. The van der Waals surface area contributed by atoms with Gasteiger partial charge in [-0.05, 0) is 61.8 Å². The number of hydrazone groups is 1. The molecule has 3 rings (SSSR count). The van der Waals surface area contributed by atoms with E-state index in [4.69, 9.17) is 0 Å². The molecule has 3 atom stereocenters. The number of aryl methyl sites for hydroxylation is 2. The molecule has 0 heterocycles. The van der Waals surface area contributed by atoms with E-state index in [-0.39, 0.29) is 5.91 Å². The highest BCUT2D eigenvalue weighted by molar-refractivity contribution is 5.94. The molecule has 1 aromatic rings. The van der Waals surface area contributed by atoms with Crippen LogP contribution in [0.4, 0.5) is 0 Å². The van der Waals surface area contributed by atoms with Gasteiger partial charge in [0.25, 0.3) is 5.91 Å². The maximum atomic E-state index is 12.0. The zero-order valence-corrected chi connectivity index (χ0v) is 12.0. The van der Waals surface area contributed by atoms with Crippen LogP contribution in [0.2, 0.25) is 0 Å². The molecule has 1 N–H and O–H groups in total. The van der Waals surface area contributed by atoms with Crippen LogP contribution in [0.25, 0.3) is 0 Å². The van der Waals surface area contributed by atoms with Crippen molar-refractivity contribution in [3.63, 3.8) is 0 Å². The van der Waals surface area contributed by atoms with Crippen LogP contribution < -0.4 is 5.43 Å². The van der Waals surface area contributed by atoms with E-state index < -0.39 is 0 Å². The van der Waals surface area contributed by atoms with Gasteiger partial charge in [-0.1, -0.05) is 18.2 Å². The van der Waals surface area contributed by atoms with Crippen LogP contribution in [0.15, 0.2) is 35.5 Å². The molecule has 20 heavy (non-hydrogen) atoms. The van der Waals surface area contributed by atoms with Crippen molar-refractivity contribution in [2.75, 3.05) is 0 Å². The van der Waals surface area contributed by atoms with E-state index in [2.05, 4.69) is 22.7 Å². The Bertz CT molecular complexity index is 589. The fourth-order valence-corrected chi connectivity index (χ4v) is 3.13. The lowest BCUT2D eigenvalue weighted by molar-refractivity contribution is 0.0955. The summed E-state index contributed by atoms with van der Waals surface area (Å²) in [6, 6.07) is 5.71. The minimum absolute atomic E-state index is 0.136. The summed E-state index contributed by atoms with van der Waals surface area (Å²) in [5.41, 5.74) is 5.62. The van der Waals surface area contributed by atoms with Crippen LogP contribution in [0.5, 0.6) is 0 Å².